The molecule has 1 N–H and O–H groups in total. The molecular formula is C11H16ClN3O. The van der Waals surface area contributed by atoms with Gasteiger partial charge in [-0.05, 0) is 19.7 Å². The molecule has 0 aliphatic heterocycles. The Hall–Kier alpha value is -1.13. The molecular weight excluding hydrogens is 226 g/mol. The van der Waals surface area contributed by atoms with Crippen molar-refractivity contribution in [3.8, 4) is 0 Å². The topological polar surface area (TPSA) is 45.2 Å². The Balaban J connectivity index is 2.44. The molecule has 16 heavy (non-hydrogen) atoms. The summed E-state index contributed by atoms with van der Waals surface area (Å²) in [6.45, 7) is 4.46. The lowest BCUT2D eigenvalue weighted by molar-refractivity contribution is 0.0950. The van der Waals surface area contributed by atoms with Crippen molar-refractivity contribution < 1.29 is 4.79 Å². The minimum Gasteiger partial charge on any atom is -0.351 e. The summed E-state index contributed by atoms with van der Waals surface area (Å²) < 4.78 is 0. The molecule has 0 radical (unpaired) electrons. The van der Waals surface area contributed by atoms with E-state index in [1.807, 2.05) is 7.05 Å². The zero-order valence-corrected chi connectivity index (χ0v) is 10.3. The first-order valence-corrected chi connectivity index (χ1v) is 5.59. The molecule has 1 amide bonds. The van der Waals surface area contributed by atoms with Crippen molar-refractivity contribution in [2.24, 2.45) is 0 Å². The van der Waals surface area contributed by atoms with Gasteiger partial charge in [0, 0.05) is 25.5 Å². The van der Waals surface area contributed by atoms with Crippen LogP contribution in [0.1, 0.15) is 17.3 Å². The molecule has 88 valence electrons. The molecule has 1 heterocycles. The van der Waals surface area contributed by atoms with Crippen LogP contribution in [0.4, 0.5) is 0 Å². The van der Waals surface area contributed by atoms with Crippen molar-refractivity contribution in [1.82, 2.24) is 15.2 Å². The standard InChI is InChI=1S/C11H16ClN3O/c1-3-15(2)7-6-14-11(16)9-8-13-5-4-10(9)12/h4-5,8H,3,6-7H2,1-2H3,(H,14,16). The Kier molecular flexibility index (Phi) is 5.22. The lowest BCUT2D eigenvalue weighted by Gasteiger charge is -2.14. The molecule has 0 aliphatic rings. The molecule has 0 saturated carbocycles. The largest absolute Gasteiger partial charge is 0.351 e. The fourth-order valence-electron chi connectivity index (χ4n) is 1.16. The number of aromatic nitrogens is 1. The number of nitrogens with one attached hydrogen (secondary N) is 1. The summed E-state index contributed by atoms with van der Waals surface area (Å²) in [6.07, 6.45) is 3.03. The number of carbonyl (C=O) groups excluding carboxylic acids is 1. The van der Waals surface area contributed by atoms with Gasteiger partial charge < -0.3 is 10.2 Å². The summed E-state index contributed by atoms with van der Waals surface area (Å²) in [7, 11) is 2.00. The molecule has 0 atom stereocenters. The first-order chi connectivity index (χ1) is 7.65. The second-order valence-electron chi connectivity index (χ2n) is 3.51. The molecule has 1 aromatic heterocycles. The molecule has 0 bridgehead atoms. The first-order valence-electron chi connectivity index (χ1n) is 5.21. The van der Waals surface area contributed by atoms with Gasteiger partial charge in [0.25, 0.3) is 5.91 Å². The van der Waals surface area contributed by atoms with E-state index in [1.54, 1.807) is 12.3 Å². The van der Waals surface area contributed by atoms with Crippen LogP contribution in [0.3, 0.4) is 0 Å². The maximum atomic E-state index is 11.7. The number of hydrogen-bond donors (Lipinski definition) is 1. The number of hydrogen-bond acceptors (Lipinski definition) is 3. The van der Waals surface area contributed by atoms with Gasteiger partial charge in [0.1, 0.15) is 0 Å². The van der Waals surface area contributed by atoms with Crippen molar-refractivity contribution in [2.75, 3.05) is 26.7 Å². The highest BCUT2D eigenvalue weighted by molar-refractivity contribution is 6.33. The number of likely N-dealkylation sites (N-methyl/N-ethyl adjacent to an activating group) is 1. The normalized spacial score (nSPS) is 10.5. The second-order valence-corrected chi connectivity index (χ2v) is 3.91. The van der Waals surface area contributed by atoms with E-state index < -0.39 is 0 Å². The number of carbonyl (C=O) groups is 1. The summed E-state index contributed by atoms with van der Waals surface area (Å²) in [5, 5.41) is 3.23. The zero-order chi connectivity index (χ0) is 12.0. The van der Waals surface area contributed by atoms with E-state index in [2.05, 4.69) is 22.1 Å². The van der Waals surface area contributed by atoms with E-state index in [1.165, 1.54) is 6.20 Å². The monoisotopic (exact) mass is 241 g/mol. The molecule has 4 nitrogen and oxygen atoms in total. The van der Waals surface area contributed by atoms with Crippen LogP contribution in [-0.2, 0) is 0 Å². The lowest BCUT2D eigenvalue weighted by atomic mass is 10.2. The molecule has 1 aromatic rings. The molecule has 0 saturated heterocycles. The van der Waals surface area contributed by atoms with Gasteiger partial charge in [0.2, 0.25) is 0 Å². The molecule has 1 rings (SSSR count). The van der Waals surface area contributed by atoms with Crippen molar-refractivity contribution >= 4 is 17.5 Å². The fraction of sp³-hybridized carbons (Fsp3) is 0.455. The van der Waals surface area contributed by atoms with Gasteiger partial charge in [-0.1, -0.05) is 18.5 Å². The second kappa shape index (κ2) is 6.45. The predicted molar refractivity (Wildman–Crippen MR) is 64.8 cm³/mol. The Morgan fingerprint density at radius 2 is 2.38 bits per heavy atom. The summed E-state index contributed by atoms with van der Waals surface area (Å²) in [6, 6.07) is 1.61. The summed E-state index contributed by atoms with van der Waals surface area (Å²) >= 11 is 5.88. The summed E-state index contributed by atoms with van der Waals surface area (Å²) in [4.78, 5) is 17.7. The highest BCUT2D eigenvalue weighted by Crippen LogP contribution is 2.12. The van der Waals surface area contributed by atoms with Crippen LogP contribution < -0.4 is 5.32 Å². The Bertz CT molecular complexity index is 357. The smallest absolute Gasteiger partial charge is 0.254 e. The van der Waals surface area contributed by atoms with Crippen LogP contribution in [0.2, 0.25) is 5.02 Å². The highest BCUT2D eigenvalue weighted by atomic mass is 35.5. The number of halogens is 1. The number of amides is 1. The van der Waals surface area contributed by atoms with Gasteiger partial charge in [-0.3, -0.25) is 9.78 Å². The maximum Gasteiger partial charge on any atom is 0.254 e. The van der Waals surface area contributed by atoms with E-state index in [0.717, 1.165) is 13.1 Å². The van der Waals surface area contributed by atoms with Gasteiger partial charge in [-0.15, -0.1) is 0 Å². The van der Waals surface area contributed by atoms with Crippen LogP contribution in [-0.4, -0.2) is 42.5 Å². The molecule has 0 spiro atoms. The van der Waals surface area contributed by atoms with E-state index in [-0.39, 0.29) is 5.91 Å². The summed E-state index contributed by atoms with van der Waals surface area (Å²) in [5.74, 6) is -0.178. The Labute approximate surface area is 101 Å². The third-order valence-corrected chi connectivity index (χ3v) is 2.66. The molecule has 0 fully saturated rings. The SMILES string of the molecule is CCN(C)CCNC(=O)c1cnccc1Cl. The number of nitrogens with zero attached hydrogens (tertiary/aromatic N) is 2. The number of pyridine rings is 1. The third kappa shape index (κ3) is 3.79. The van der Waals surface area contributed by atoms with E-state index in [0.29, 0.717) is 17.1 Å². The van der Waals surface area contributed by atoms with Gasteiger partial charge in [0.15, 0.2) is 0 Å². The van der Waals surface area contributed by atoms with Gasteiger partial charge in [-0.25, -0.2) is 0 Å². The van der Waals surface area contributed by atoms with E-state index in [4.69, 9.17) is 11.6 Å². The minimum absolute atomic E-state index is 0.178. The minimum atomic E-state index is -0.178. The van der Waals surface area contributed by atoms with Crippen LogP contribution in [0.25, 0.3) is 0 Å². The fourth-order valence-corrected chi connectivity index (χ4v) is 1.35. The lowest BCUT2D eigenvalue weighted by Crippen LogP contribution is -2.33. The van der Waals surface area contributed by atoms with Crippen molar-refractivity contribution in [3.63, 3.8) is 0 Å². The van der Waals surface area contributed by atoms with Crippen molar-refractivity contribution in [3.05, 3.63) is 29.0 Å². The third-order valence-electron chi connectivity index (χ3n) is 2.33. The average Bonchev–Trinajstić information content (AvgIpc) is 2.29. The van der Waals surface area contributed by atoms with Crippen molar-refractivity contribution in [1.29, 1.82) is 0 Å². The predicted octanol–water partition coefficient (Wildman–Crippen LogP) is 1.42. The van der Waals surface area contributed by atoms with Gasteiger partial charge in [0.05, 0.1) is 10.6 Å². The van der Waals surface area contributed by atoms with Crippen molar-refractivity contribution in [2.45, 2.75) is 6.92 Å². The van der Waals surface area contributed by atoms with Crippen LogP contribution >= 0.6 is 11.6 Å². The number of rotatable bonds is 5. The van der Waals surface area contributed by atoms with Crippen LogP contribution in [0.5, 0.6) is 0 Å². The first kappa shape index (κ1) is 12.9. The molecule has 5 heteroatoms. The van der Waals surface area contributed by atoms with Crippen LogP contribution in [0.15, 0.2) is 18.5 Å². The Morgan fingerprint density at radius 3 is 3.00 bits per heavy atom. The quantitative estimate of drug-likeness (QED) is 0.848. The molecule has 0 unspecified atom stereocenters. The maximum absolute atomic E-state index is 11.7. The molecule has 0 aliphatic carbocycles. The van der Waals surface area contributed by atoms with Gasteiger partial charge >= 0.3 is 0 Å². The summed E-state index contributed by atoms with van der Waals surface area (Å²) in [5.41, 5.74) is 0.420. The Morgan fingerprint density at radius 1 is 1.62 bits per heavy atom. The van der Waals surface area contributed by atoms with Crippen LogP contribution in [0, 0.1) is 0 Å². The highest BCUT2D eigenvalue weighted by Gasteiger charge is 2.09. The molecule has 0 aromatic carbocycles. The van der Waals surface area contributed by atoms with E-state index >= 15 is 0 Å². The van der Waals surface area contributed by atoms with E-state index in [9.17, 15) is 4.79 Å². The average molecular weight is 242 g/mol. The van der Waals surface area contributed by atoms with Gasteiger partial charge in [-0.2, -0.15) is 0 Å². The zero-order valence-electron chi connectivity index (χ0n) is 9.53.